The first-order valence-corrected chi connectivity index (χ1v) is 8.11. The monoisotopic (exact) mass is 369 g/mol. The van der Waals surface area contributed by atoms with Gasteiger partial charge in [-0.3, -0.25) is 18.7 Å². The molecule has 140 valence electrons. The first-order valence-electron chi connectivity index (χ1n) is 8.11. The predicted octanol–water partition coefficient (Wildman–Crippen LogP) is 1.34. The van der Waals surface area contributed by atoms with Gasteiger partial charge in [-0.1, -0.05) is 0 Å². The maximum Gasteiger partial charge on any atom is 0.332 e. The van der Waals surface area contributed by atoms with Gasteiger partial charge in [0.15, 0.2) is 5.65 Å². The van der Waals surface area contributed by atoms with Crippen LogP contribution in [0.4, 0.5) is 17.1 Å². The topological polar surface area (TPSA) is 107 Å². The number of aromatic nitrogens is 3. The molecule has 9 heteroatoms. The van der Waals surface area contributed by atoms with Crippen molar-refractivity contribution in [2.75, 3.05) is 17.7 Å². The molecule has 0 spiro atoms. The minimum atomic E-state index is -0.458. The highest BCUT2D eigenvalue weighted by Crippen LogP contribution is 2.32. The van der Waals surface area contributed by atoms with Crippen LogP contribution in [0.1, 0.15) is 6.92 Å². The zero-order valence-corrected chi connectivity index (χ0v) is 15.4. The summed E-state index contributed by atoms with van der Waals surface area (Å²) in [6.45, 7) is 1.41. The van der Waals surface area contributed by atoms with E-state index >= 15 is 0 Å². The molecule has 3 aromatic rings. The number of fused-ring (bicyclic) bond motifs is 1. The highest BCUT2D eigenvalue weighted by Gasteiger charge is 2.15. The average Bonchev–Trinajstić information content (AvgIpc) is 2.64. The highest BCUT2D eigenvalue weighted by molar-refractivity contribution is 5.93. The molecule has 1 amide bonds. The third kappa shape index (κ3) is 3.26. The second kappa shape index (κ2) is 6.94. The van der Waals surface area contributed by atoms with E-state index in [0.29, 0.717) is 22.8 Å². The molecule has 0 aliphatic heterocycles. The van der Waals surface area contributed by atoms with Gasteiger partial charge in [-0.25, -0.2) is 9.78 Å². The van der Waals surface area contributed by atoms with Crippen LogP contribution in [0.2, 0.25) is 0 Å². The molecule has 27 heavy (non-hydrogen) atoms. The van der Waals surface area contributed by atoms with Gasteiger partial charge in [-0.05, 0) is 24.3 Å². The van der Waals surface area contributed by atoms with Crippen LogP contribution in [0.3, 0.4) is 0 Å². The number of anilines is 3. The molecule has 0 atom stereocenters. The lowest BCUT2D eigenvalue weighted by Crippen LogP contribution is -2.37. The molecular weight excluding hydrogens is 350 g/mol. The van der Waals surface area contributed by atoms with Gasteiger partial charge in [0.05, 0.1) is 18.5 Å². The average molecular weight is 369 g/mol. The molecule has 3 rings (SSSR count). The molecule has 0 bridgehead atoms. The lowest BCUT2D eigenvalue weighted by Gasteiger charge is -2.15. The summed E-state index contributed by atoms with van der Waals surface area (Å²) in [5.41, 5.74) is 0.944. The standard InChI is InChI=1S/C18H19N5O4/c1-10(24)20-11-5-6-14(27-4)13(9-11)21-12-7-8-19-16-15(12)17(25)23(3)18(26)22(16)2/h5-9H,1-4H3,(H,19,21)(H,20,24). The minimum absolute atomic E-state index is 0.204. The van der Waals surface area contributed by atoms with E-state index in [1.165, 1.54) is 31.8 Å². The van der Waals surface area contributed by atoms with Crippen LogP contribution in [0.15, 0.2) is 40.1 Å². The normalized spacial score (nSPS) is 10.7. The number of nitrogens with one attached hydrogen (secondary N) is 2. The molecule has 0 radical (unpaired) electrons. The summed E-state index contributed by atoms with van der Waals surface area (Å²) in [7, 11) is 4.49. The first kappa shape index (κ1) is 18.2. The molecule has 1 aromatic carbocycles. The van der Waals surface area contributed by atoms with E-state index in [1.807, 2.05) is 0 Å². The molecule has 0 aliphatic carbocycles. The Labute approximate surface area is 154 Å². The van der Waals surface area contributed by atoms with Crippen molar-refractivity contribution in [2.45, 2.75) is 6.92 Å². The van der Waals surface area contributed by atoms with E-state index in [2.05, 4.69) is 15.6 Å². The summed E-state index contributed by atoms with van der Waals surface area (Å²) in [5.74, 6) is 0.319. The Kier molecular flexibility index (Phi) is 4.68. The van der Waals surface area contributed by atoms with Gasteiger partial charge in [-0.15, -0.1) is 0 Å². The number of nitrogens with zero attached hydrogens (tertiary/aromatic N) is 3. The SMILES string of the molecule is COc1ccc(NC(C)=O)cc1Nc1ccnc2c1c(=O)n(C)c(=O)n2C. The van der Waals surface area contributed by atoms with E-state index < -0.39 is 11.2 Å². The minimum Gasteiger partial charge on any atom is -0.495 e. The fourth-order valence-electron chi connectivity index (χ4n) is 2.82. The van der Waals surface area contributed by atoms with E-state index in [0.717, 1.165) is 4.57 Å². The van der Waals surface area contributed by atoms with Crippen LogP contribution in [-0.2, 0) is 18.9 Å². The Morgan fingerprint density at radius 3 is 2.52 bits per heavy atom. The van der Waals surface area contributed by atoms with Gasteiger partial charge in [0, 0.05) is 32.9 Å². The number of amides is 1. The zero-order chi connectivity index (χ0) is 19.7. The smallest absolute Gasteiger partial charge is 0.332 e. The van der Waals surface area contributed by atoms with Gasteiger partial charge < -0.3 is 15.4 Å². The third-order valence-electron chi connectivity index (χ3n) is 4.13. The number of pyridine rings is 1. The summed E-state index contributed by atoms with van der Waals surface area (Å²) in [6, 6.07) is 6.74. The van der Waals surface area contributed by atoms with E-state index in [4.69, 9.17) is 4.74 Å². The number of ether oxygens (including phenoxy) is 1. The van der Waals surface area contributed by atoms with Crippen molar-refractivity contribution in [1.29, 1.82) is 0 Å². The molecule has 0 aliphatic rings. The van der Waals surface area contributed by atoms with Crippen molar-refractivity contribution in [3.63, 3.8) is 0 Å². The molecule has 0 unspecified atom stereocenters. The summed E-state index contributed by atoms with van der Waals surface area (Å²) in [5, 5.41) is 6.12. The molecule has 0 saturated carbocycles. The van der Waals surface area contributed by atoms with Gasteiger partial charge in [0.25, 0.3) is 5.56 Å². The van der Waals surface area contributed by atoms with Crippen molar-refractivity contribution in [2.24, 2.45) is 14.1 Å². The number of hydrogen-bond acceptors (Lipinski definition) is 6. The lowest BCUT2D eigenvalue weighted by molar-refractivity contribution is -0.114. The van der Waals surface area contributed by atoms with Crippen molar-refractivity contribution < 1.29 is 9.53 Å². The third-order valence-corrected chi connectivity index (χ3v) is 4.13. The molecule has 2 aromatic heterocycles. The van der Waals surface area contributed by atoms with Crippen molar-refractivity contribution in [3.05, 3.63) is 51.3 Å². The van der Waals surface area contributed by atoms with Crippen molar-refractivity contribution in [3.8, 4) is 5.75 Å². The van der Waals surface area contributed by atoms with Gasteiger partial charge >= 0.3 is 5.69 Å². The maximum absolute atomic E-state index is 12.7. The molecule has 0 fully saturated rings. The number of carbonyl (C=O) groups is 1. The van der Waals surface area contributed by atoms with E-state index in [-0.39, 0.29) is 16.9 Å². The number of aryl methyl sites for hydroxylation is 1. The van der Waals surface area contributed by atoms with Gasteiger partial charge in [0.2, 0.25) is 5.91 Å². The first-order chi connectivity index (χ1) is 12.8. The summed E-state index contributed by atoms with van der Waals surface area (Å²) in [6.07, 6.45) is 1.51. The Morgan fingerprint density at radius 1 is 1.11 bits per heavy atom. The Hall–Kier alpha value is -3.62. The van der Waals surface area contributed by atoms with Crippen LogP contribution < -0.4 is 26.6 Å². The number of carbonyl (C=O) groups excluding carboxylic acids is 1. The van der Waals surface area contributed by atoms with Crippen molar-refractivity contribution >= 4 is 34.0 Å². The van der Waals surface area contributed by atoms with Crippen LogP contribution in [0, 0.1) is 0 Å². The fourth-order valence-corrected chi connectivity index (χ4v) is 2.82. The summed E-state index contributed by atoms with van der Waals surface area (Å²) < 4.78 is 7.70. The molecular formula is C18H19N5O4. The Bertz CT molecular complexity index is 1160. The second-order valence-electron chi connectivity index (χ2n) is 5.98. The predicted molar refractivity (Wildman–Crippen MR) is 103 cm³/mol. The molecule has 0 saturated heterocycles. The molecule has 9 nitrogen and oxygen atoms in total. The summed E-state index contributed by atoms with van der Waals surface area (Å²) >= 11 is 0. The molecule has 2 heterocycles. The quantitative estimate of drug-likeness (QED) is 0.719. The number of hydrogen-bond donors (Lipinski definition) is 2. The zero-order valence-electron chi connectivity index (χ0n) is 15.4. The van der Waals surface area contributed by atoms with Crippen LogP contribution in [0.5, 0.6) is 5.75 Å². The highest BCUT2D eigenvalue weighted by atomic mass is 16.5. The fraction of sp³-hybridized carbons (Fsp3) is 0.222. The van der Waals surface area contributed by atoms with E-state index in [1.54, 1.807) is 31.3 Å². The Balaban J connectivity index is 2.19. The number of benzene rings is 1. The second-order valence-corrected chi connectivity index (χ2v) is 5.98. The largest absolute Gasteiger partial charge is 0.495 e. The molecule has 2 N–H and O–H groups in total. The summed E-state index contributed by atoms with van der Waals surface area (Å²) in [4.78, 5) is 40.3. The van der Waals surface area contributed by atoms with Crippen LogP contribution in [0.25, 0.3) is 11.0 Å². The van der Waals surface area contributed by atoms with Gasteiger partial charge in [-0.2, -0.15) is 0 Å². The van der Waals surface area contributed by atoms with Crippen LogP contribution >= 0.6 is 0 Å². The van der Waals surface area contributed by atoms with Crippen LogP contribution in [-0.4, -0.2) is 27.1 Å². The number of rotatable bonds is 4. The van der Waals surface area contributed by atoms with Gasteiger partial charge in [0.1, 0.15) is 11.1 Å². The van der Waals surface area contributed by atoms with E-state index in [9.17, 15) is 14.4 Å². The number of methoxy groups -OCH3 is 1. The Morgan fingerprint density at radius 2 is 1.85 bits per heavy atom. The lowest BCUT2D eigenvalue weighted by atomic mass is 10.2. The maximum atomic E-state index is 12.7. The van der Waals surface area contributed by atoms with Crippen molar-refractivity contribution in [1.82, 2.24) is 14.1 Å².